The molecule has 2 aromatic heterocycles. The maximum atomic E-state index is 4.26. The zero-order chi connectivity index (χ0) is 9.97. The van der Waals surface area contributed by atoms with Crippen LogP contribution in [0.4, 0.5) is 0 Å². The van der Waals surface area contributed by atoms with Crippen molar-refractivity contribution in [2.24, 2.45) is 0 Å². The number of H-pyrrole nitrogens is 1. The Morgan fingerprint density at radius 2 is 2.36 bits per heavy atom. The number of aromatic nitrogens is 2. The van der Waals surface area contributed by atoms with Crippen LogP contribution in [0.5, 0.6) is 0 Å². The molecule has 0 bridgehead atoms. The van der Waals surface area contributed by atoms with Crippen molar-refractivity contribution in [2.75, 3.05) is 0 Å². The first-order valence-electron chi connectivity index (χ1n) is 4.58. The summed E-state index contributed by atoms with van der Waals surface area (Å²) in [4.78, 5) is 7.50. The first-order valence-corrected chi connectivity index (χ1v) is 4.58. The van der Waals surface area contributed by atoms with Crippen molar-refractivity contribution < 1.29 is 0 Å². The predicted molar refractivity (Wildman–Crippen MR) is 60.9 cm³/mol. The SMILES string of the molecule is C=Cc1c(/C=C\C)[nH]c2ncccc12. The number of nitrogens with zero attached hydrogens (tertiary/aromatic N) is 1. The third-order valence-corrected chi connectivity index (χ3v) is 2.18. The van der Waals surface area contributed by atoms with Gasteiger partial charge in [-0.3, -0.25) is 0 Å². The smallest absolute Gasteiger partial charge is 0.138 e. The van der Waals surface area contributed by atoms with Gasteiger partial charge in [-0.25, -0.2) is 4.98 Å². The first kappa shape index (κ1) is 8.75. The van der Waals surface area contributed by atoms with E-state index in [1.807, 2.05) is 37.3 Å². The Morgan fingerprint density at radius 1 is 1.50 bits per heavy atom. The molecule has 2 rings (SSSR count). The number of pyridine rings is 1. The molecule has 0 aliphatic rings. The summed E-state index contributed by atoms with van der Waals surface area (Å²) in [6.07, 6.45) is 7.66. The second-order valence-corrected chi connectivity index (χ2v) is 3.06. The van der Waals surface area contributed by atoms with Gasteiger partial charge >= 0.3 is 0 Å². The molecular formula is C12H12N2. The lowest BCUT2D eigenvalue weighted by molar-refractivity contribution is 1.31. The molecule has 2 nitrogen and oxygen atoms in total. The number of hydrogen-bond acceptors (Lipinski definition) is 1. The van der Waals surface area contributed by atoms with Gasteiger partial charge in [-0.2, -0.15) is 0 Å². The largest absolute Gasteiger partial charge is 0.339 e. The van der Waals surface area contributed by atoms with Gasteiger partial charge in [-0.1, -0.05) is 18.7 Å². The van der Waals surface area contributed by atoms with Crippen LogP contribution in [0, 0.1) is 0 Å². The molecule has 0 amide bonds. The van der Waals surface area contributed by atoms with Crippen LogP contribution in [0.2, 0.25) is 0 Å². The second-order valence-electron chi connectivity index (χ2n) is 3.06. The lowest BCUT2D eigenvalue weighted by atomic mass is 10.1. The van der Waals surface area contributed by atoms with Crippen LogP contribution in [-0.2, 0) is 0 Å². The van der Waals surface area contributed by atoms with E-state index in [2.05, 4.69) is 16.5 Å². The Morgan fingerprint density at radius 3 is 3.07 bits per heavy atom. The first-order chi connectivity index (χ1) is 6.86. The molecule has 2 aromatic rings. The molecule has 14 heavy (non-hydrogen) atoms. The Bertz CT molecular complexity index is 492. The minimum absolute atomic E-state index is 0.913. The summed E-state index contributed by atoms with van der Waals surface area (Å²) in [7, 11) is 0. The molecule has 2 heteroatoms. The van der Waals surface area contributed by atoms with Crippen LogP contribution in [0.1, 0.15) is 18.2 Å². The van der Waals surface area contributed by atoms with Gasteiger partial charge < -0.3 is 4.98 Å². The molecule has 1 N–H and O–H groups in total. The summed E-state index contributed by atoms with van der Waals surface area (Å²) in [5, 5.41) is 1.12. The zero-order valence-corrected chi connectivity index (χ0v) is 8.12. The fourth-order valence-corrected chi connectivity index (χ4v) is 1.58. The molecule has 70 valence electrons. The molecule has 0 unspecified atom stereocenters. The molecule has 0 radical (unpaired) electrons. The average molecular weight is 184 g/mol. The average Bonchev–Trinajstić information content (AvgIpc) is 2.55. The molecule has 0 saturated carbocycles. The monoisotopic (exact) mass is 184 g/mol. The maximum absolute atomic E-state index is 4.26. The van der Waals surface area contributed by atoms with Gasteiger partial charge in [0.15, 0.2) is 0 Å². The molecule has 0 spiro atoms. The van der Waals surface area contributed by atoms with Crippen molar-refractivity contribution in [2.45, 2.75) is 6.92 Å². The number of aromatic amines is 1. The second kappa shape index (κ2) is 3.50. The Kier molecular flexibility index (Phi) is 2.19. The van der Waals surface area contributed by atoms with Crippen molar-refractivity contribution >= 4 is 23.2 Å². The molecular weight excluding hydrogens is 172 g/mol. The molecule has 0 aromatic carbocycles. The van der Waals surface area contributed by atoms with Crippen LogP contribution in [0.3, 0.4) is 0 Å². The van der Waals surface area contributed by atoms with Crippen molar-refractivity contribution in [3.63, 3.8) is 0 Å². The van der Waals surface area contributed by atoms with Gasteiger partial charge in [0, 0.05) is 22.8 Å². The quantitative estimate of drug-likeness (QED) is 0.762. The summed E-state index contributed by atoms with van der Waals surface area (Å²) in [6, 6.07) is 3.98. The number of hydrogen-bond donors (Lipinski definition) is 1. The van der Waals surface area contributed by atoms with Gasteiger partial charge in [-0.05, 0) is 25.1 Å². The number of fused-ring (bicyclic) bond motifs is 1. The topological polar surface area (TPSA) is 28.7 Å². The van der Waals surface area contributed by atoms with E-state index < -0.39 is 0 Å². The molecule has 0 saturated heterocycles. The summed E-state index contributed by atoms with van der Waals surface area (Å²) in [5.41, 5.74) is 3.10. The van der Waals surface area contributed by atoms with E-state index in [0.29, 0.717) is 0 Å². The standard InChI is InChI=1S/C12H12N2/c1-3-6-11-9(4-2)10-7-5-8-13-12(10)14-11/h3-8H,2H2,1H3,(H,13,14)/b6-3-. The van der Waals surface area contributed by atoms with Gasteiger partial charge in [0.1, 0.15) is 5.65 Å². The van der Waals surface area contributed by atoms with E-state index >= 15 is 0 Å². The number of allylic oxidation sites excluding steroid dienone is 1. The zero-order valence-electron chi connectivity index (χ0n) is 8.12. The normalized spacial score (nSPS) is 11.2. The van der Waals surface area contributed by atoms with E-state index in [1.54, 1.807) is 6.20 Å². The number of rotatable bonds is 2. The molecule has 0 aliphatic carbocycles. The van der Waals surface area contributed by atoms with Crippen LogP contribution in [0.25, 0.3) is 23.2 Å². The highest BCUT2D eigenvalue weighted by Gasteiger charge is 2.05. The lowest BCUT2D eigenvalue weighted by Crippen LogP contribution is -1.73. The van der Waals surface area contributed by atoms with Crippen molar-refractivity contribution in [3.05, 3.63) is 42.2 Å². The van der Waals surface area contributed by atoms with Gasteiger partial charge in [0.25, 0.3) is 0 Å². The highest BCUT2D eigenvalue weighted by atomic mass is 14.9. The third-order valence-electron chi connectivity index (χ3n) is 2.18. The fourth-order valence-electron chi connectivity index (χ4n) is 1.58. The highest BCUT2D eigenvalue weighted by Crippen LogP contribution is 2.22. The van der Waals surface area contributed by atoms with Gasteiger partial charge in [-0.15, -0.1) is 0 Å². The fraction of sp³-hybridized carbons (Fsp3) is 0.0833. The number of nitrogens with one attached hydrogen (secondary N) is 1. The van der Waals surface area contributed by atoms with Crippen LogP contribution in [-0.4, -0.2) is 9.97 Å². The van der Waals surface area contributed by atoms with Crippen LogP contribution in [0.15, 0.2) is 31.0 Å². The summed E-state index contributed by atoms with van der Waals surface area (Å²) >= 11 is 0. The molecule has 2 heterocycles. The Labute approximate surface area is 83.0 Å². The summed E-state index contributed by atoms with van der Waals surface area (Å²) < 4.78 is 0. The van der Waals surface area contributed by atoms with E-state index in [1.165, 1.54) is 0 Å². The predicted octanol–water partition coefficient (Wildman–Crippen LogP) is 3.24. The lowest BCUT2D eigenvalue weighted by Gasteiger charge is -1.90. The maximum Gasteiger partial charge on any atom is 0.138 e. The van der Waals surface area contributed by atoms with E-state index in [-0.39, 0.29) is 0 Å². The van der Waals surface area contributed by atoms with E-state index in [9.17, 15) is 0 Å². The summed E-state index contributed by atoms with van der Waals surface area (Å²) in [6.45, 7) is 5.81. The van der Waals surface area contributed by atoms with E-state index in [0.717, 1.165) is 22.3 Å². The van der Waals surface area contributed by atoms with Gasteiger partial charge in [0.2, 0.25) is 0 Å². The van der Waals surface area contributed by atoms with Gasteiger partial charge in [0.05, 0.1) is 0 Å². The Hall–Kier alpha value is -1.83. The van der Waals surface area contributed by atoms with E-state index in [4.69, 9.17) is 0 Å². The van der Waals surface area contributed by atoms with Crippen LogP contribution >= 0.6 is 0 Å². The Balaban J connectivity index is 2.78. The minimum Gasteiger partial charge on any atom is -0.339 e. The third kappa shape index (κ3) is 1.25. The molecule has 0 atom stereocenters. The molecule has 0 aliphatic heterocycles. The van der Waals surface area contributed by atoms with Crippen molar-refractivity contribution in [3.8, 4) is 0 Å². The summed E-state index contributed by atoms with van der Waals surface area (Å²) in [5.74, 6) is 0. The molecule has 0 fully saturated rings. The van der Waals surface area contributed by atoms with Crippen molar-refractivity contribution in [1.29, 1.82) is 0 Å². The minimum atomic E-state index is 0.913. The van der Waals surface area contributed by atoms with Crippen LogP contribution < -0.4 is 0 Å². The van der Waals surface area contributed by atoms with Crippen molar-refractivity contribution in [1.82, 2.24) is 9.97 Å². The highest BCUT2D eigenvalue weighted by molar-refractivity contribution is 5.90.